The highest BCUT2D eigenvalue weighted by Gasteiger charge is 2.38. The molecule has 4 heterocycles. The summed E-state index contributed by atoms with van der Waals surface area (Å²) < 4.78 is 80.9. The maximum Gasteiger partial charge on any atom is 0.247 e. The number of aromatic nitrogens is 1. The molecular formula is C33H28F5N5O4. The molecule has 3 aliphatic heterocycles. The fourth-order valence-electron chi connectivity index (χ4n) is 6.77. The summed E-state index contributed by atoms with van der Waals surface area (Å²) in [6.45, 7) is 1.23. The highest BCUT2D eigenvalue weighted by Crippen LogP contribution is 2.47. The van der Waals surface area contributed by atoms with E-state index in [-0.39, 0.29) is 23.6 Å². The summed E-state index contributed by atoms with van der Waals surface area (Å²) in [4.78, 5) is 40.6. The van der Waals surface area contributed by atoms with Gasteiger partial charge in [-0.2, -0.15) is 0 Å². The van der Waals surface area contributed by atoms with Crippen molar-refractivity contribution in [1.82, 2.24) is 14.4 Å². The molecule has 4 aromatic rings. The van der Waals surface area contributed by atoms with Crippen LogP contribution < -0.4 is 15.4 Å². The van der Waals surface area contributed by atoms with Crippen LogP contribution in [0.5, 0.6) is 5.75 Å². The third kappa shape index (κ3) is 5.07. The zero-order valence-corrected chi connectivity index (χ0v) is 25.0. The van der Waals surface area contributed by atoms with Crippen LogP contribution in [-0.2, 0) is 14.4 Å². The first-order chi connectivity index (χ1) is 22.6. The van der Waals surface area contributed by atoms with Crippen molar-refractivity contribution < 1.29 is 41.1 Å². The number of likely N-dealkylation sites (tertiary alicyclic amines) is 2. The van der Waals surface area contributed by atoms with E-state index in [1.807, 2.05) is 11.9 Å². The molecule has 3 amide bonds. The smallest absolute Gasteiger partial charge is 0.247 e. The molecule has 244 valence electrons. The summed E-state index contributed by atoms with van der Waals surface area (Å²) in [5, 5.41) is 6.07. The van der Waals surface area contributed by atoms with Crippen molar-refractivity contribution in [3.05, 3.63) is 77.1 Å². The molecule has 1 aromatic heterocycles. The van der Waals surface area contributed by atoms with E-state index >= 15 is 8.78 Å². The number of nitrogens with one attached hydrogen (secondary N) is 2. The Morgan fingerprint density at radius 2 is 1.43 bits per heavy atom. The van der Waals surface area contributed by atoms with Gasteiger partial charge in [0.25, 0.3) is 0 Å². The minimum Gasteiger partial charge on any atom is -0.465 e. The molecule has 0 saturated carbocycles. The SMILES string of the molecule is CN1CCC[C@H]1C(=O)Nc1ccc2c(c1)OC(c1c(F)c(F)c(F)c(F)c1F)n1c-2cc2cc(NC(=O)C3CCCN3C=O)ccc21. The van der Waals surface area contributed by atoms with E-state index in [4.69, 9.17) is 4.74 Å². The van der Waals surface area contributed by atoms with E-state index in [1.54, 1.807) is 24.3 Å². The number of carbonyl (C=O) groups is 3. The van der Waals surface area contributed by atoms with Gasteiger partial charge in [-0.3, -0.25) is 19.3 Å². The Morgan fingerprint density at radius 3 is 2.11 bits per heavy atom. The van der Waals surface area contributed by atoms with E-state index in [0.29, 0.717) is 65.8 Å². The lowest BCUT2D eigenvalue weighted by molar-refractivity contribution is -0.127. The summed E-state index contributed by atoms with van der Waals surface area (Å²) in [5.41, 5.74) is 0.559. The Labute approximate surface area is 264 Å². The average Bonchev–Trinajstić information content (AvgIpc) is 3.81. The number of benzene rings is 3. The topological polar surface area (TPSA) is 95.9 Å². The minimum absolute atomic E-state index is 0.0375. The van der Waals surface area contributed by atoms with Crippen molar-refractivity contribution in [2.24, 2.45) is 0 Å². The lowest BCUT2D eigenvalue weighted by atomic mass is 10.0. The molecule has 2 fully saturated rings. The molecule has 0 aliphatic carbocycles. The van der Waals surface area contributed by atoms with Crippen LogP contribution in [0.25, 0.3) is 22.2 Å². The predicted molar refractivity (Wildman–Crippen MR) is 161 cm³/mol. The molecule has 0 spiro atoms. The second-order valence-corrected chi connectivity index (χ2v) is 12.0. The summed E-state index contributed by atoms with van der Waals surface area (Å²) in [6, 6.07) is 10.0. The van der Waals surface area contributed by atoms with Crippen molar-refractivity contribution in [1.29, 1.82) is 0 Å². The summed E-state index contributed by atoms with van der Waals surface area (Å²) in [5.74, 6) is -11.2. The van der Waals surface area contributed by atoms with Crippen molar-refractivity contribution in [3.8, 4) is 17.0 Å². The Bertz CT molecular complexity index is 1940. The largest absolute Gasteiger partial charge is 0.465 e. The number of hydrogen-bond acceptors (Lipinski definition) is 5. The molecule has 47 heavy (non-hydrogen) atoms. The zero-order valence-electron chi connectivity index (χ0n) is 25.0. The van der Waals surface area contributed by atoms with Crippen LogP contribution in [0, 0.1) is 29.1 Å². The van der Waals surface area contributed by atoms with Gasteiger partial charge in [0.2, 0.25) is 30.3 Å². The van der Waals surface area contributed by atoms with Crippen molar-refractivity contribution in [2.75, 3.05) is 30.8 Å². The van der Waals surface area contributed by atoms with Crippen LogP contribution in [0.15, 0.2) is 42.5 Å². The van der Waals surface area contributed by atoms with Crippen molar-refractivity contribution >= 4 is 40.5 Å². The first-order valence-corrected chi connectivity index (χ1v) is 15.1. The van der Waals surface area contributed by atoms with Gasteiger partial charge < -0.3 is 24.8 Å². The zero-order chi connectivity index (χ0) is 33.1. The number of fused-ring (bicyclic) bond motifs is 5. The van der Waals surface area contributed by atoms with Crippen molar-refractivity contribution in [3.63, 3.8) is 0 Å². The van der Waals surface area contributed by atoms with Crippen LogP contribution in [0.4, 0.5) is 33.3 Å². The molecule has 2 saturated heterocycles. The normalized spacial score (nSPS) is 20.6. The molecule has 3 aromatic carbocycles. The van der Waals surface area contributed by atoms with Crippen LogP contribution in [0.2, 0.25) is 0 Å². The van der Waals surface area contributed by atoms with Gasteiger partial charge in [0.1, 0.15) is 11.8 Å². The second kappa shape index (κ2) is 11.7. The summed E-state index contributed by atoms with van der Waals surface area (Å²) >= 11 is 0. The van der Waals surface area contributed by atoms with Gasteiger partial charge in [-0.05, 0) is 75.7 Å². The first-order valence-electron chi connectivity index (χ1n) is 15.1. The maximum atomic E-state index is 15.3. The lowest BCUT2D eigenvalue weighted by Crippen LogP contribution is -2.38. The first kappa shape index (κ1) is 30.7. The van der Waals surface area contributed by atoms with Gasteiger partial charge >= 0.3 is 0 Å². The van der Waals surface area contributed by atoms with E-state index in [0.717, 1.165) is 13.0 Å². The quantitative estimate of drug-likeness (QED) is 0.124. The molecule has 14 heteroatoms. The molecule has 2 N–H and O–H groups in total. The summed E-state index contributed by atoms with van der Waals surface area (Å²) in [6.07, 6.45) is 1.51. The van der Waals surface area contributed by atoms with Gasteiger partial charge in [-0.25, -0.2) is 22.0 Å². The summed E-state index contributed by atoms with van der Waals surface area (Å²) in [7, 11) is 1.84. The predicted octanol–water partition coefficient (Wildman–Crippen LogP) is 5.54. The maximum absolute atomic E-state index is 15.3. The number of halogens is 5. The van der Waals surface area contributed by atoms with E-state index in [1.165, 1.54) is 27.7 Å². The molecule has 7 rings (SSSR count). The molecule has 2 unspecified atom stereocenters. The van der Waals surface area contributed by atoms with E-state index in [2.05, 4.69) is 10.6 Å². The highest BCUT2D eigenvalue weighted by atomic mass is 19.2. The molecule has 3 aliphatic rings. The minimum atomic E-state index is -2.30. The fraction of sp³-hybridized carbons (Fsp3) is 0.303. The van der Waals surface area contributed by atoms with E-state index < -0.39 is 46.9 Å². The molecule has 9 nitrogen and oxygen atoms in total. The molecule has 3 atom stereocenters. The monoisotopic (exact) mass is 653 g/mol. The number of rotatable bonds is 6. The van der Waals surface area contributed by atoms with Gasteiger partial charge in [-0.15, -0.1) is 0 Å². The molecule has 0 radical (unpaired) electrons. The number of nitrogens with zero attached hydrogens (tertiary/aromatic N) is 3. The standard InChI is InChI=1S/C33H28F5N5O4/c1-41-10-2-4-21(41)31(45)40-18-6-8-19-23-13-16-12-17(39-32(46)22-5-3-11-42(22)15-44)7-9-20(16)43(23)33(47-24(19)14-18)25-26(34)28(36)30(38)29(37)27(25)35/h6-9,12-15,21-22,33H,2-5,10-11H2,1H3,(H,39,46)(H,40,45)/t21-,22?,33?/m0/s1. The van der Waals surface area contributed by atoms with Crippen LogP contribution in [-0.4, -0.2) is 64.8 Å². The fourth-order valence-corrected chi connectivity index (χ4v) is 6.77. The van der Waals surface area contributed by atoms with Gasteiger partial charge in [0.15, 0.2) is 23.3 Å². The number of likely N-dealkylation sites (N-methyl/N-ethyl adjacent to an activating group) is 1. The number of carbonyl (C=O) groups excluding carboxylic acids is 3. The third-order valence-corrected chi connectivity index (χ3v) is 9.15. The van der Waals surface area contributed by atoms with Crippen LogP contribution >= 0.6 is 0 Å². The Balaban J connectivity index is 1.32. The Kier molecular flexibility index (Phi) is 7.62. The third-order valence-electron chi connectivity index (χ3n) is 9.15. The Hall–Kier alpha value is -4.98. The molecular weight excluding hydrogens is 625 g/mol. The van der Waals surface area contributed by atoms with E-state index in [9.17, 15) is 27.6 Å². The van der Waals surface area contributed by atoms with Crippen molar-refractivity contribution in [2.45, 2.75) is 44.0 Å². The van der Waals surface area contributed by atoms with Crippen LogP contribution in [0.3, 0.4) is 0 Å². The Morgan fingerprint density at radius 1 is 0.809 bits per heavy atom. The number of amides is 3. The number of ether oxygens (including phenoxy) is 1. The number of anilines is 2. The number of hydrogen-bond donors (Lipinski definition) is 2. The van der Waals surface area contributed by atoms with Gasteiger partial charge in [-0.1, -0.05) is 0 Å². The molecule has 0 bridgehead atoms. The second-order valence-electron chi connectivity index (χ2n) is 12.0. The highest BCUT2D eigenvalue weighted by molar-refractivity contribution is 5.99. The van der Waals surface area contributed by atoms with Crippen LogP contribution in [0.1, 0.15) is 37.5 Å². The van der Waals surface area contributed by atoms with Gasteiger partial charge in [0.05, 0.1) is 22.8 Å². The lowest BCUT2D eigenvalue weighted by Gasteiger charge is -2.31. The van der Waals surface area contributed by atoms with Gasteiger partial charge in [0, 0.05) is 34.9 Å². The average molecular weight is 654 g/mol.